The maximum atomic E-state index is 11.9. The Hall–Kier alpha value is -2.21. The van der Waals surface area contributed by atoms with Gasteiger partial charge in [-0.05, 0) is 37.1 Å². The normalized spacial score (nSPS) is 14.4. The Labute approximate surface area is 131 Å². The largest absolute Gasteiger partial charge is 0.455 e. The van der Waals surface area contributed by atoms with Crippen molar-refractivity contribution >= 4 is 28.8 Å². The van der Waals surface area contributed by atoms with Crippen LogP contribution in [0, 0.1) is 0 Å². The summed E-state index contributed by atoms with van der Waals surface area (Å²) in [6.07, 6.45) is 2.12. The second-order valence-corrected chi connectivity index (χ2v) is 6.18. The Bertz CT molecular complexity index is 787. The SMILES string of the molecule is O=C(NC1CC1)c1ccc(CSc2nc3ccccc3o2)o1. The van der Waals surface area contributed by atoms with Gasteiger partial charge in [-0.3, -0.25) is 4.79 Å². The molecular formula is C16H14N2O3S. The minimum atomic E-state index is -0.138. The molecule has 1 aromatic carbocycles. The number of hydrogen-bond acceptors (Lipinski definition) is 5. The van der Waals surface area contributed by atoms with Crippen LogP contribution in [-0.2, 0) is 5.75 Å². The van der Waals surface area contributed by atoms with Crippen LogP contribution in [0.4, 0.5) is 0 Å². The van der Waals surface area contributed by atoms with E-state index < -0.39 is 0 Å². The van der Waals surface area contributed by atoms with Gasteiger partial charge in [0.15, 0.2) is 11.3 Å². The number of carbonyl (C=O) groups is 1. The second kappa shape index (κ2) is 5.53. The zero-order valence-electron chi connectivity index (χ0n) is 11.7. The molecule has 1 fully saturated rings. The number of amides is 1. The molecule has 4 rings (SSSR count). The molecule has 0 unspecified atom stereocenters. The monoisotopic (exact) mass is 314 g/mol. The number of aromatic nitrogens is 1. The molecular weight excluding hydrogens is 300 g/mol. The zero-order chi connectivity index (χ0) is 14.9. The fraction of sp³-hybridized carbons (Fsp3) is 0.250. The predicted octanol–water partition coefficient (Wildman–Crippen LogP) is 3.61. The van der Waals surface area contributed by atoms with Gasteiger partial charge in [0.2, 0.25) is 0 Å². The summed E-state index contributed by atoms with van der Waals surface area (Å²) in [5, 5.41) is 3.50. The summed E-state index contributed by atoms with van der Waals surface area (Å²) in [6.45, 7) is 0. The molecule has 0 aliphatic heterocycles. The third-order valence-electron chi connectivity index (χ3n) is 3.41. The Kier molecular flexibility index (Phi) is 3.38. The highest BCUT2D eigenvalue weighted by atomic mass is 32.2. The summed E-state index contributed by atoms with van der Waals surface area (Å²) >= 11 is 1.45. The Morgan fingerprint density at radius 1 is 1.23 bits per heavy atom. The average molecular weight is 314 g/mol. The Morgan fingerprint density at radius 2 is 2.09 bits per heavy atom. The van der Waals surface area contributed by atoms with Crippen LogP contribution in [-0.4, -0.2) is 16.9 Å². The summed E-state index contributed by atoms with van der Waals surface area (Å²) in [7, 11) is 0. The van der Waals surface area contributed by atoms with Crippen LogP contribution < -0.4 is 5.32 Å². The summed E-state index contributed by atoms with van der Waals surface area (Å²) in [5.41, 5.74) is 1.61. The van der Waals surface area contributed by atoms with Crippen molar-refractivity contribution in [3.63, 3.8) is 0 Å². The number of furan rings is 1. The molecule has 3 aromatic rings. The van der Waals surface area contributed by atoms with Crippen molar-refractivity contribution in [2.75, 3.05) is 0 Å². The lowest BCUT2D eigenvalue weighted by Crippen LogP contribution is -2.24. The summed E-state index contributed by atoms with van der Waals surface area (Å²) in [4.78, 5) is 16.3. The molecule has 2 heterocycles. The number of hydrogen-bond donors (Lipinski definition) is 1. The van der Waals surface area contributed by atoms with Crippen molar-refractivity contribution in [2.24, 2.45) is 0 Å². The van der Waals surface area contributed by atoms with E-state index in [1.54, 1.807) is 6.07 Å². The fourth-order valence-electron chi connectivity index (χ4n) is 2.11. The van der Waals surface area contributed by atoms with E-state index in [1.165, 1.54) is 11.8 Å². The van der Waals surface area contributed by atoms with Gasteiger partial charge in [0.1, 0.15) is 11.3 Å². The van der Waals surface area contributed by atoms with Gasteiger partial charge < -0.3 is 14.2 Å². The van der Waals surface area contributed by atoms with Crippen LogP contribution in [0.2, 0.25) is 0 Å². The van der Waals surface area contributed by atoms with Crippen LogP contribution in [0.3, 0.4) is 0 Å². The van der Waals surface area contributed by atoms with Gasteiger partial charge in [0.05, 0.1) is 5.75 Å². The standard InChI is InChI=1S/C16H14N2O3S/c19-15(17-10-5-6-10)14-8-7-11(20-14)9-22-16-18-12-3-1-2-4-13(12)21-16/h1-4,7-8,10H,5-6,9H2,(H,17,19). The first-order chi connectivity index (χ1) is 10.8. The van der Waals surface area contributed by atoms with E-state index in [4.69, 9.17) is 8.83 Å². The molecule has 0 spiro atoms. The number of rotatable bonds is 5. The highest BCUT2D eigenvalue weighted by Crippen LogP contribution is 2.27. The van der Waals surface area contributed by atoms with Gasteiger partial charge in [-0.25, -0.2) is 4.98 Å². The van der Waals surface area contributed by atoms with Crippen LogP contribution in [0.5, 0.6) is 0 Å². The molecule has 6 heteroatoms. The lowest BCUT2D eigenvalue weighted by Gasteiger charge is -1.99. The molecule has 1 aliphatic rings. The highest BCUT2D eigenvalue weighted by molar-refractivity contribution is 7.98. The Balaban J connectivity index is 1.40. The molecule has 0 radical (unpaired) electrons. The number of para-hydroxylation sites is 2. The first kappa shape index (κ1) is 13.5. The molecule has 5 nitrogen and oxygen atoms in total. The second-order valence-electron chi connectivity index (χ2n) is 5.25. The lowest BCUT2D eigenvalue weighted by molar-refractivity contribution is 0.0922. The first-order valence-electron chi connectivity index (χ1n) is 7.16. The van der Waals surface area contributed by atoms with Crippen molar-refractivity contribution < 1.29 is 13.6 Å². The number of thioether (sulfide) groups is 1. The molecule has 1 N–H and O–H groups in total. The number of oxazole rings is 1. The molecule has 1 amide bonds. The van der Waals surface area contributed by atoms with E-state index in [9.17, 15) is 4.79 Å². The van der Waals surface area contributed by atoms with E-state index in [0.29, 0.717) is 22.8 Å². The van der Waals surface area contributed by atoms with E-state index in [0.717, 1.165) is 29.7 Å². The summed E-state index contributed by atoms with van der Waals surface area (Å²) in [5.74, 6) is 1.53. The number of fused-ring (bicyclic) bond motifs is 1. The van der Waals surface area contributed by atoms with Crippen LogP contribution in [0.25, 0.3) is 11.1 Å². The van der Waals surface area contributed by atoms with Crippen molar-refractivity contribution in [1.82, 2.24) is 10.3 Å². The molecule has 1 aliphatic carbocycles. The van der Waals surface area contributed by atoms with E-state index in [1.807, 2.05) is 30.3 Å². The number of benzene rings is 1. The third kappa shape index (κ3) is 2.87. The highest BCUT2D eigenvalue weighted by Gasteiger charge is 2.25. The summed E-state index contributed by atoms with van der Waals surface area (Å²) in [6, 6.07) is 11.5. The lowest BCUT2D eigenvalue weighted by atomic mass is 10.3. The molecule has 0 bridgehead atoms. The van der Waals surface area contributed by atoms with Gasteiger partial charge in [0, 0.05) is 6.04 Å². The third-order valence-corrected chi connectivity index (χ3v) is 4.26. The molecule has 112 valence electrons. The molecule has 0 saturated heterocycles. The van der Waals surface area contributed by atoms with Crippen LogP contribution >= 0.6 is 11.8 Å². The molecule has 1 saturated carbocycles. The first-order valence-corrected chi connectivity index (χ1v) is 8.14. The molecule has 2 aromatic heterocycles. The van der Waals surface area contributed by atoms with E-state index in [2.05, 4.69) is 10.3 Å². The minimum absolute atomic E-state index is 0.138. The van der Waals surface area contributed by atoms with Crippen LogP contribution in [0.15, 0.2) is 50.5 Å². The van der Waals surface area contributed by atoms with Gasteiger partial charge in [-0.15, -0.1) is 0 Å². The van der Waals surface area contributed by atoms with Gasteiger partial charge >= 0.3 is 0 Å². The van der Waals surface area contributed by atoms with E-state index >= 15 is 0 Å². The number of nitrogens with zero attached hydrogens (tertiary/aromatic N) is 1. The molecule has 22 heavy (non-hydrogen) atoms. The predicted molar refractivity (Wildman–Crippen MR) is 82.8 cm³/mol. The quantitative estimate of drug-likeness (QED) is 0.729. The Morgan fingerprint density at radius 3 is 2.91 bits per heavy atom. The van der Waals surface area contributed by atoms with Crippen molar-refractivity contribution in [3.05, 3.63) is 47.9 Å². The maximum absolute atomic E-state index is 11.9. The van der Waals surface area contributed by atoms with Crippen molar-refractivity contribution in [3.8, 4) is 0 Å². The number of nitrogens with one attached hydrogen (secondary N) is 1. The van der Waals surface area contributed by atoms with Gasteiger partial charge in [-0.1, -0.05) is 23.9 Å². The van der Waals surface area contributed by atoms with Gasteiger partial charge in [-0.2, -0.15) is 0 Å². The smallest absolute Gasteiger partial charge is 0.287 e. The average Bonchev–Trinajstić information content (AvgIpc) is 3.06. The minimum Gasteiger partial charge on any atom is -0.455 e. The fourth-order valence-corrected chi connectivity index (χ4v) is 2.84. The van der Waals surface area contributed by atoms with E-state index in [-0.39, 0.29) is 5.91 Å². The molecule has 0 atom stereocenters. The van der Waals surface area contributed by atoms with Crippen molar-refractivity contribution in [2.45, 2.75) is 29.9 Å². The van der Waals surface area contributed by atoms with Crippen molar-refractivity contribution in [1.29, 1.82) is 0 Å². The topological polar surface area (TPSA) is 68.3 Å². The zero-order valence-corrected chi connectivity index (χ0v) is 12.6. The maximum Gasteiger partial charge on any atom is 0.287 e. The summed E-state index contributed by atoms with van der Waals surface area (Å²) < 4.78 is 11.2. The van der Waals surface area contributed by atoms with Gasteiger partial charge in [0.25, 0.3) is 11.1 Å². The number of carbonyl (C=O) groups excluding carboxylic acids is 1. The van der Waals surface area contributed by atoms with Crippen LogP contribution in [0.1, 0.15) is 29.2 Å².